The highest BCUT2D eigenvalue weighted by Gasteiger charge is 2.29. The monoisotopic (exact) mass is 292 g/mol. The minimum Gasteiger partial charge on any atom is -0.318 e. The minimum absolute atomic E-state index is 0.0611. The van der Waals surface area contributed by atoms with E-state index < -0.39 is 17.5 Å². The Morgan fingerprint density at radius 2 is 2.05 bits per heavy atom. The average Bonchev–Trinajstić information content (AvgIpc) is 2.86. The second-order valence-corrected chi connectivity index (χ2v) is 5.31. The van der Waals surface area contributed by atoms with Gasteiger partial charge in [-0.05, 0) is 30.8 Å². The van der Waals surface area contributed by atoms with Gasteiger partial charge in [0.2, 0.25) is 0 Å². The third-order valence-corrected chi connectivity index (χ3v) is 4.10. The van der Waals surface area contributed by atoms with E-state index >= 15 is 0 Å². The number of Topliss-reactive ketones (excluding diaryl/α,β-unsaturated/α-hetero) is 1. The number of aromatic nitrogens is 3. The van der Waals surface area contributed by atoms with Crippen molar-refractivity contribution in [2.75, 3.05) is 5.32 Å². The van der Waals surface area contributed by atoms with E-state index in [1.807, 2.05) is 0 Å². The van der Waals surface area contributed by atoms with Crippen molar-refractivity contribution < 1.29 is 14.0 Å². The number of benzene rings is 1. The van der Waals surface area contributed by atoms with Gasteiger partial charge in [-0.3, -0.25) is 9.59 Å². The number of anilines is 1. The van der Waals surface area contributed by atoms with Crippen LogP contribution in [0.1, 0.15) is 16.2 Å². The van der Waals surface area contributed by atoms with Crippen LogP contribution >= 0.6 is 11.8 Å². The summed E-state index contributed by atoms with van der Waals surface area (Å²) < 4.78 is 15.7. The van der Waals surface area contributed by atoms with Gasteiger partial charge in [0, 0.05) is 7.05 Å². The lowest BCUT2D eigenvalue weighted by Crippen LogP contribution is -2.12. The molecule has 0 atom stereocenters. The third-order valence-electron chi connectivity index (χ3n) is 3.02. The van der Waals surface area contributed by atoms with Crippen molar-refractivity contribution in [3.8, 4) is 0 Å². The number of nitrogens with one attached hydrogen (secondary N) is 1. The molecular formula is C12H9FN4O2S. The molecule has 3 rings (SSSR count). The van der Waals surface area contributed by atoms with Crippen LogP contribution in [0, 0.1) is 12.7 Å². The Balaban J connectivity index is 2.00. The Morgan fingerprint density at radius 3 is 2.70 bits per heavy atom. The van der Waals surface area contributed by atoms with Crippen LogP contribution in [0.4, 0.5) is 10.1 Å². The third kappa shape index (κ3) is 1.88. The summed E-state index contributed by atoms with van der Waals surface area (Å²) in [6.07, 6.45) is 0. The summed E-state index contributed by atoms with van der Waals surface area (Å²) in [4.78, 5) is 23.0. The molecule has 1 aromatic heterocycles. The molecule has 0 saturated heterocycles. The number of nitrogens with zero attached hydrogens (tertiary/aromatic N) is 3. The normalized spacial score (nSPS) is 13.6. The standard InChI is InChI=1S/C12H9FN4O2S/c1-5-15-16-12(17(5)2)20-9-4-8-6(3-7(9)13)10(18)11(19)14-8/h3-4H,1-2H3,(H,14,18,19). The number of fused-ring (bicyclic) bond motifs is 1. The van der Waals surface area contributed by atoms with E-state index in [-0.39, 0.29) is 10.5 Å². The summed E-state index contributed by atoms with van der Waals surface area (Å²) in [5, 5.41) is 10.7. The molecule has 1 aromatic carbocycles. The maximum atomic E-state index is 14.0. The molecule has 102 valence electrons. The van der Waals surface area contributed by atoms with Crippen LogP contribution < -0.4 is 5.32 Å². The quantitative estimate of drug-likeness (QED) is 0.850. The van der Waals surface area contributed by atoms with Gasteiger partial charge in [-0.1, -0.05) is 0 Å². The van der Waals surface area contributed by atoms with Crippen molar-refractivity contribution in [3.05, 3.63) is 29.3 Å². The van der Waals surface area contributed by atoms with Crippen molar-refractivity contribution in [3.63, 3.8) is 0 Å². The molecule has 1 amide bonds. The summed E-state index contributed by atoms with van der Waals surface area (Å²) >= 11 is 1.08. The lowest BCUT2D eigenvalue weighted by Gasteiger charge is -2.05. The number of ketones is 1. The molecule has 1 aliphatic heterocycles. The van der Waals surface area contributed by atoms with Crippen LogP contribution in [0.3, 0.4) is 0 Å². The van der Waals surface area contributed by atoms with Gasteiger partial charge in [0.25, 0.3) is 11.7 Å². The zero-order valence-corrected chi connectivity index (χ0v) is 11.4. The SMILES string of the molecule is Cc1nnc(Sc2cc3c(cc2F)C(=O)C(=O)N3)n1C. The molecule has 1 aliphatic rings. The predicted molar refractivity (Wildman–Crippen MR) is 69.2 cm³/mol. The number of aryl methyl sites for hydroxylation is 1. The summed E-state index contributed by atoms with van der Waals surface area (Å²) in [5.74, 6) is -1.32. The zero-order chi connectivity index (χ0) is 14.4. The summed E-state index contributed by atoms with van der Waals surface area (Å²) in [6, 6.07) is 2.50. The molecule has 0 unspecified atom stereocenters. The van der Waals surface area contributed by atoms with Crippen molar-refractivity contribution in [2.45, 2.75) is 17.0 Å². The first-order valence-electron chi connectivity index (χ1n) is 5.70. The van der Waals surface area contributed by atoms with E-state index in [0.717, 1.165) is 17.8 Å². The number of hydrogen-bond acceptors (Lipinski definition) is 5. The summed E-state index contributed by atoms with van der Waals surface area (Å²) in [7, 11) is 1.77. The van der Waals surface area contributed by atoms with E-state index in [1.165, 1.54) is 6.07 Å². The first-order chi connectivity index (χ1) is 9.47. The number of halogens is 1. The fraction of sp³-hybridized carbons (Fsp3) is 0.167. The molecule has 0 spiro atoms. The van der Waals surface area contributed by atoms with E-state index in [1.54, 1.807) is 18.5 Å². The van der Waals surface area contributed by atoms with Gasteiger partial charge in [0.1, 0.15) is 11.6 Å². The van der Waals surface area contributed by atoms with E-state index in [4.69, 9.17) is 0 Å². The van der Waals surface area contributed by atoms with Gasteiger partial charge >= 0.3 is 0 Å². The van der Waals surface area contributed by atoms with Crippen LogP contribution in [-0.4, -0.2) is 26.5 Å². The molecule has 0 aliphatic carbocycles. The molecule has 0 bridgehead atoms. The molecule has 8 heteroatoms. The molecule has 6 nitrogen and oxygen atoms in total. The highest BCUT2D eigenvalue weighted by Crippen LogP contribution is 2.34. The number of carbonyl (C=O) groups excluding carboxylic acids is 2. The second kappa shape index (κ2) is 4.41. The molecule has 2 heterocycles. The Labute approximate surface area is 117 Å². The smallest absolute Gasteiger partial charge is 0.296 e. The lowest BCUT2D eigenvalue weighted by molar-refractivity contribution is -0.112. The van der Waals surface area contributed by atoms with E-state index in [0.29, 0.717) is 16.7 Å². The topological polar surface area (TPSA) is 76.9 Å². The molecular weight excluding hydrogens is 283 g/mol. The fourth-order valence-electron chi connectivity index (χ4n) is 1.80. The van der Waals surface area contributed by atoms with Crippen LogP contribution in [0.15, 0.2) is 22.2 Å². The largest absolute Gasteiger partial charge is 0.318 e. The number of rotatable bonds is 2. The maximum Gasteiger partial charge on any atom is 0.296 e. The zero-order valence-electron chi connectivity index (χ0n) is 10.6. The first kappa shape index (κ1) is 12.8. The van der Waals surface area contributed by atoms with Crippen molar-refractivity contribution in [1.29, 1.82) is 0 Å². The van der Waals surface area contributed by atoms with E-state index in [9.17, 15) is 14.0 Å². The Kier molecular flexibility index (Phi) is 2.82. The van der Waals surface area contributed by atoms with Gasteiger partial charge < -0.3 is 9.88 Å². The Hall–Kier alpha value is -2.22. The van der Waals surface area contributed by atoms with Crippen LogP contribution in [0.25, 0.3) is 0 Å². The molecule has 2 aromatic rings. The number of carbonyl (C=O) groups is 2. The molecule has 1 N–H and O–H groups in total. The summed E-state index contributed by atoms with van der Waals surface area (Å²) in [5.41, 5.74) is 0.383. The van der Waals surface area contributed by atoms with Gasteiger partial charge in [-0.2, -0.15) is 0 Å². The van der Waals surface area contributed by atoms with Gasteiger partial charge in [0.15, 0.2) is 5.16 Å². The second-order valence-electron chi connectivity index (χ2n) is 4.30. The van der Waals surface area contributed by atoms with Crippen LogP contribution in [0.2, 0.25) is 0 Å². The highest BCUT2D eigenvalue weighted by atomic mass is 32.2. The molecule has 0 fully saturated rings. The van der Waals surface area contributed by atoms with Gasteiger partial charge in [-0.15, -0.1) is 10.2 Å². The number of hydrogen-bond donors (Lipinski definition) is 1. The van der Waals surface area contributed by atoms with Gasteiger partial charge in [0.05, 0.1) is 16.1 Å². The van der Waals surface area contributed by atoms with Crippen LogP contribution in [-0.2, 0) is 11.8 Å². The fourth-order valence-corrected chi connectivity index (χ4v) is 2.68. The summed E-state index contributed by atoms with van der Waals surface area (Å²) in [6.45, 7) is 1.79. The lowest BCUT2D eigenvalue weighted by atomic mass is 10.1. The molecule has 0 radical (unpaired) electrons. The Morgan fingerprint density at radius 1 is 1.30 bits per heavy atom. The van der Waals surface area contributed by atoms with Crippen molar-refractivity contribution in [2.24, 2.45) is 7.05 Å². The maximum absolute atomic E-state index is 14.0. The Bertz CT molecular complexity index is 756. The molecule has 20 heavy (non-hydrogen) atoms. The van der Waals surface area contributed by atoms with E-state index in [2.05, 4.69) is 15.5 Å². The van der Waals surface area contributed by atoms with Gasteiger partial charge in [-0.25, -0.2) is 4.39 Å². The highest BCUT2D eigenvalue weighted by molar-refractivity contribution is 7.99. The molecule has 0 saturated carbocycles. The minimum atomic E-state index is -0.740. The predicted octanol–water partition coefficient (Wildman–Crippen LogP) is 1.55. The van der Waals surface area contributed by atoms with Crippen molar-refractivity contribution in [1.82, 2.24) is 14.8 Å². The van der Waals surface area contributed by atoms with Crippen LogP contribution in [0.5, 0.6) is 0 Å². The average molecular weight is 292 g/mol. The van der Waals surface area contributed by atoms with Crippen molar-refractivity contribution >= 4 is 29.1 Å². The first-order valence-corrected chi connectivity index (χ1v) is 6.52. The number of amides is 1.